The fourth-order valence-corrected chi connectivity index (χ4v) is 1.56. The van der Waals surface area contributed by atoms with Crippen LogP contribution in [0.5, 0.6) is 0 Å². The first-order chi connectivity index (χ1) is 7.06. The van der Waals surface area contributed by atoms with Crippen LogP contribution in [0.15, 0.2) is 18.2 Å². The van der Waals surface area contributed by atoms with Crippen molar-refractivity contribution in [2.24, 2.45) is 0 Å². The van der Waals surface area contributed by atoms with Crippen molar-refractivity contribution >= 4 is 5.69 Å². The summed E-state index contributed by atoms with van der Waals surface area (Å²) in [6.45, 7) is 1.72. The molecule has 0 saturated carbocycles. The number of rotatable bonds is 4. The van der Waals surface area contributed by atoms with Crippen LogP contribution < -0.4 is 4.90 Å². The van der Waals surface area contributed by atoms with E-state index in [-0.39, 0.29) is 12.2 Å². The highest BCUT2D eigenvalue weighted by Gasteiger charge is 2.12. The summed E-state index contributed by atoms with van der Waals surface area (Å²) in [6.07, 6.45) is -0.496. The standard InChI is InChI=1S/C11H16FNO2/c1-8(15)6-13(2)11-5-3-4-10(12)9(11)7-14/h3-5,8,14-15H,6-7H2,1-2H3. The monoisotopic (exact) mass is 213 g/mol. The van der Waals surface area contributed by atoms with Crippen LogP contribution in [0.25, 0.3) is 0 Å². The zero-order chi connectivity index (χ0) is 11.4. The summed E-state index contributed by atoms with van der Waals surface area (Å²) in [5.74, 6) is -0.424. The molecule has 2 N–H and O–H groups in total. The highest BCUT2D eigenvalue weighted by molar-refractivity contribution is 5.53. The number of aliphatic hydroxyl groups excluding tert-OH is 2. The van der Waals surface area contributed by atoms with Gasteiger partial charge in [0.15, 0.2) is 0 Å². The lowest BCUT2D eigenvalue weighted by Crippen LogP contribution is -2.27. The summed E-state index contributed by atoms with van der Waals surface area (Å²) >= 11 is 0. The normalized spacial score (nSPS) is 12.6. The van der Waals surface area contributed by atoms with Crippen molar-refractivity contribution in [3.05, 3.63) is 29.6 Å². The average molecular weight is 213 g/mol. The minimum atomic E-state index is -0.496. The van der Waals surface area contributed by atoms with Gasteiger partial charge in [0.1, 0.15) is 5.82 Å². The quantitative estimate of drug-likeness (QED) is 0.788. The van der Waals surface area contributed by atoms with Gasteiger partial charge in [-0.15, -0.1) is 0 Å². The third-order valence-corrected chi connectivity index (χ3v) is 2.20. The Morgan fingerprint density at radius 2 is 2.13 bits per heavy atom. The molecule has 0 fully saturated rings. The molecule has 0 saturated heterocycles. The lowest BCUT2D eigenvalue weighted by molar-refractivity contribution is 0.201. The molecule has 4 heteroatoms. The van der Waals surface area contributed by atoms with Gasteiger partial charge in [0, 0.05) is 24.8 Å². The van der Waals surface area contributed by atoms with Crippen molar-refractivity contribution in [3.8, 4) is 0 Å². The second-order valence-corrected chi connectivity index (χ2v) is 3.63. The molecule has 0 amide bonds. The molecule has 0 aliphatic heterocycles. The summed E-state index contributed by atoms with van der Waals surface area (Å²) in [7, 11) is 1.75. The number of likely N-dealkylation sites (N-methyl/N-ethyl adjacent to an activating group) is 1. The van der Waals surface area contributed by atoms with Crippen LogP contribution in [-0.2, 0) is 6.61 Å². The fraction of sp³-hybridized carbons (Fsp3) is 0.455. The van der Waals surface area contributed by atoms with E-state index in [1.54, 1.807) is 31.0 Å². The van der Waals surface area contributed by atoms with Gasteiger partial charge < -0.3 is 15.1 Å². The first-order valence-electron chi connectivity index (χ1n) is 4.83. The van der Waals surface area contributed by atoms with Gasteiger partial charge in [0.2, 0.25) is 0 Å². The molecule has 15 heavy (non-hydrogen) atoms. The minimum Gasteiger partial charge on any atom is -0.392 e. The predicted molar refractivity (Wildman–Crippen MR) is 57.3 cm³/mol. The maximum Gasteiger partial charge on any atom is 0.130 e. The molecule has 1 rings (SSSR count). The van der Waals surface area contributed by atoms with E-state index in [0.29, 0.717) is 12.2 Å². The number of hydrogen-bond acceptors (Lipinski definition) is 3. The predicted octanol–water partition coefficient (Wildman–Crippen LogP) is 1.14. The van der Waals surface area contributed by atoms with E-state index in [9.17, 15) is 9.50 Å². The van der Waals surface area contributed by atoms with Crippen LogP contribution in [0.4, 0.5) is 10.1 Å². The largest absolute Gasteiger partial charge is 0.392 e. The molecule has 0 aliphatic carbocycles. The smallest absolute Gasteiger partial charge is 0.130 e. The third-order valence-electron chi connectivity index (χ3n) is 2.20. The highest BCUT2D eigenvalue weighted by atomic mass is 19.1. The van der Waals surface area contributed by atoms with Crippen molar-refractivity contribution in [2.45, 2.75) is 19.6 Å². The van der Waals surface area contributed by atoms with Crippen LogP contribution in [0.2, 0.25) is 0 Å². The first kappa shape index (κ1) is 11.9. The molecule has 0 aromatic heterocycles. The van der Waals surface area contributed by atoms with Crippen LogP contribution in [-0.4, -0.2) is 29.9 Å². The SMILES string of the molecule is CC(O)CN(C)c1cccc(F)c1CO. The Bertz CT molecular complexity index is 328. The lowest BCUT2D eigenvalue weighted by atomic mass is 10.1. The number of halogens is 1. The Morgan fingerprint density at radius 3 is 2.67 bits per heavy atom. The van der Waals surface area contributed by atoms with Crippen LogP contribution >= 0.6 is 0 Å². The molecule has 1 unspecified atom stereocenters. The van der Waals surface area contributed by atoms with E-state index in [2.05, 4.69) is 0 Å². The lowest BCUT2D eigenvalue weighted by Gasteiger charge is -2.23. The summed E-state index contributed by atoms with van der Waals surface area (Å²) in [5, 5.41) is 18.3. The van der Waals surface area contributed by atoms with E-state index in [1.807, 2.05) is 0 Å². The molecule has 84 valence electrons. The fourth-order valence-electron chi connectivity index (χ4n) is 1.56. The molecule has 0 radical (unpaired) electrons. The van der Waals surface area contributed by atoms with E-state index in [4.69, 9.17) is 5.11 Å². The Hall–Kier alpha value is -1.13. The molecule has 1 aromatic rings. The van der Waals surface area contributed by atoms with Gasteiger partial charge in [-0.2, -0.15) is 0 Å². The van der Waals surface area contributed by atoms with Gasteiger partial charge in [-0.1, -0.05) is 6.07 Å². The minimum absolute atomic E-state index is 0.264. The number of nitrogens with zero attached hydrogens (tertiary/aromatic N) is 1. The van der Waals surface area contributed by atoms with Crippen LogP contribution in [0.1, 0.15) is 12.5 Å². The van der Waals surface area contributed by atoms with Crippen molar-refractivity contribution in [3.63, 3.8) is 0 Å². The molecule has 0 heterocycles. The molecular weight excluding hydrogens is 197 g/mol. The molecule has 1 aromatic carbocycles. The molecule has 3 nitrogen and oxygen atoms in total. The maximum absolute atomic E-state index is 13.3. The topological polar surface area (TPSA) is 43.7 Å². The van der Waals surface area contributed by atoms with Crippen molar-refractivity contribution in [1.29, 1.82) is 0 Å². The van der Waals surface area contributed by atoms with Crippen molar-refractivity contribution in [2.75, 3.05) is 18.5 Å². The summed E-state index contributed by atoms with van der Waals surface area (Å²) < 4.78 is 13.3. The maximum atomic E-state index is 13.3. The zero-order valence-electron chi connectivity index (χ0n) is 8.94. The number of benzene rings is 1. The van der Waals surface area contributed by atoms with Gasteiger partial charge in [-0.3, -0.25) is 0 Å². The van der Waals surface area contributed by atoms with E-state index in [1.165, 1.54) is 6.07 Å². The molecule has 0 aliphatic rings. The third kappa shape index (κ3) is 2.91. The van der Waals surface area contributed by atoms with Gasteiger partial charge in [-0.25, -0.2) is 4.39 Å². The van der Waals surface area contributed by atoms with Gasteiger partial charge >= 0.3 is 0 Å². The molecule has 0 bridgehead atoms. The van der Waals surface area contributed by atoms with Gasteiger partial charge in [-0.05, 0) is 19.1 Å². The Balaban J connectivity index is 2.97. The van der Waals surface area contributed by atoms with Gasteiger partial charge in [0.05, 0.1) is 12.7 Å². The molecular formula is C11H16FNO2. The average Bonchev–Trinajstić information content (AvgIpc) is 2.16. The van der Waals surface area contributed by atoms with E-state index in [0.717, 1.165) is 0 Å². The first-order valence-corrected chi connectivity index (χ1v) is 4.83. The van der Waals surface area contributed by atoms with Crippen LogP contribution in [0, 0.1) is 5.82 Å². The number of aliphatic hydroxyl groups is 2. The number of hydrogen-bond donors (Lipinski definition) is 2. The zero-order valence-corrected chi connectivity index (χ0v) is 8.94. The summed E-state index contributed by atoms with van der Waals surface area (Å²) in [4.78, 5) is 1.72. The number of anilines is 1. The second kappa shape index (κ2) is 5.09. The second-order valence-electron chi connectivity index (χ2n) is 3.63. The Kier molecular flexibility index (Phi) is 4.05. The van der Waals surface area contributed by atoms with E-state index >= 15 is 0 Å². The van der Waals surface area contributed by atoms with Gasteiger partial charge in [0.25, 0.3) is 0 Å². The highest BCUT2D eigenvalue weighted by Crippen LogP contribution is 2.22. The Labute approximate surface area is 88.8 Å². The molecule has 1 atom stereocenters. The summed E-state index contributed by atoms with van der Waals surface area (Å²) in [6, 6.07) is 4.62. The summed E-state index contributed by atoms with van der Waals surface area (Å²) in [5.41, 5.74) is 0.874. The molecule has 0 spiro atoms. The Morgan fingerprint density at radius 1 is 1.47 bits per heavy atom. The van der Waals surface area contributed by atoms with Crippen molar-refractivity contribution < 1.29 is 14.6 Å². The van der Waals surface area contributed by atoms with Crippen LogP contribution in [0.3, 0.4) is 0 Å². The van der Waals surface area contributed by atoms with E-state index < -0.39 is 11.9 Å². The van der Waals surface area contributed by atoms with Crippen molar-refractivity contribution in [1.82, 2.24) is 0 Å².